The lowest BCUT2D eigenvalue weighted by Gasteiger charge is -2.38. The van der Waals surface area contributed by atoms with Crippen LogP contribution in [0, 0.1) is 5.41 Å². The number of hydrogen-bond acceptors (Lipinski definition) is 3. The van der Waals surface area contributed by atoms with Gasteiger partial charge in [0.2, 0.25) is 0 Å². The van der Waals surface area contributed by atoms with Gasteiger partial charge in [0.15, 0.2) is 0 Å². The highest BCUT2D eigenvalue weighted by Gasteiger charge is 2.52. The minimum atomic E-state index is -0.451. The van der Waals surface area contributed by atoms with E-state index in [0.29, 0.717) is 5.92 Å². The van der Waals surface area contributed by atoms with Crippen LogP contribution in [-0.2, 0) is 16.8 Å². The predicted molar refractivity (Wildman–Crippen MR) is 127 cm³/mol. The van der Waals surface area contributed by atoms with Gasteiger partial charge in [-0.1, -0.05) is 64.8 Å². The van der Waals surface area contributed by atoms with Crippen LogP contribution in [0.3, 0.4) is 0 Å². The van der Waals surface area contributed by atoms with E-state index < -0.39 is 6.10 Å². The Morgan fingerprint density at radius 3 is 2.28 bits per heavy atom. The summed E-state index contributed by atoms with van der Waals surface area (Å²) in [6, 6.07) is 9.21. The first-order valence-electron chi connectivity index (χ1n) is 12.8. The molecule has 0 saturated heterocycles. The molecule has 3 aliphatic carbocycles. The molecule has 2 fully saturated rings. The van der Waals surface area contributed by atoms with Crippen LogP contribution < -0.4 is 0 Å². The van der Waals surface area contributed by atoms with E-state index in [2.05, 4.69) is 52.0 Å². The van der Waals surface area contributed by atoms with Crippen LogP contribution in [0.1, 0.15) is 136 Å². The molecular weight excluding hydrogens is 394 g/mol. The second-order valence-electron chi connectivity index (χ2n) is 12.0. The Kier molecular flexibility index (Phi) is 4.66. The molecule has 0 radical (unpaired) electrons. The van der Waals surface area contributed by atoms with E-state index in [4.69, 9.17) is 9.72 Å². The summed E-state index contributed by atoms with van der Waals surface area (Å²) in [4.78, 5) is 5.28. The highest BCUT2D eigenvalue weighted by molar-refractivity contribution is 5.54. The third kappa shape index (κ3) is 3.19. The van der Waals surface area contributed by atoms with Crippen LogP contribution in [0.15, 0.2) is 24.3 Å². The molecule has 3 nitrogen and oxygen atoms in total. The Morgan fingerprint density at radius 1 is 1.00 bits per heavy atom. The summed E-state index contributed by atoms with van der Waals surface area (Å²) in [5.41, 5.74) is 8.54. The summed E-state index contributed by atoms with van der Waals surface area (Å²) in [6.07, 6.45) is 8.36. The summed E-state index contributed by atoms with van der Waals surface area (Å²) in [6.45, 7) is 9.03. The topological polar surface area (TPSA) is 42.4 Å². The number of aromatic nitrogens is 1. The zero-order chi connectivity index (χ0) is 22.3. The average molecular weight is 432 g/mol. The van der Waals surface area contributed by atoms with Crippen LogP contribution >= 0.6 is 0 Å². The molecule has 1 spiro atoms. The lowest BCUT2D eigenvalue weighted by molar-refractivity contribution is -0.0580. The average Bonchev–Trinajstić information content (AvgIpc) is 3.40. The summed E-state index contributed by atoms with van der Waals surface area (Å²) in [5, 5.41) is 11.4. The number of hydrogen-bond donors (Lipinski definition) is 1. The maximum Gasteiger partial charge on any atom is 0.111 e. The smallest absolute Gasteiger partial charge is 0.111 e. The molecule has 1 aliphatic heterocycles. The fraction of sp³-hybridized carbons (Fsp3) is 0.621. The SMILES string of the molecule is CC(C)c1nc2c(c3c1[C@@H](c1ccc(C4CC4)cc1)OC31CCCC1)C(O)CC(C)(C)C2. The van der Waals surface area contributed by atoms with E-state index in [9.17, 15) is 5.11 Å². The summed E-state index contributed by atoms with van der Waals surface area (Å²) >= 11 is 0. The van der Waals surface area contributed by atoms with Gasteiger partial charge in [0.1, 0.15) is 6.10 Å². The summed E-state index contributed by atoms with van der Waals surface area (Å²) in [7, 11) is 0. The van der Waals surface area contributed by atoms with E-state index in [-0.39, 0.29) is 17.1 Å². The molecule has 0 amide bonds. The van der Waals surface area contributed by atoms with Gasteiger partial charge in [-0.05, 0) is 72.5 Å². The minimum absolute atomic E-state index is 0.0717. The molecule has 32 heavy (non-hydrogen) atoms. The van der Waals surface area contributed by atoms with Crippen LogP contribution in [0.25, 0.3) is 0 Å². The second-order valence-corrected chi connectivity index (χ2v) is 12.0. The van der Waals surface area contributed by atoms with Crippen molar-refractivity contribution in [2.45, 2.75) is 109 Å². The van der Waals surface area contributed by atoms with Crippen LogP contribution in [0.2, 0.25) is 0 Å². The van der Waals surface area contributed by atoms with Crippen molar-refractivity contribution in [3.63, 3.8) is 0 Å². The molecule has 0 bridgehead atoms. The van der Waals surface area contributed by atoms with Crippen LogP contribution in [0.4, 0.5) is 0 Å². The number of benzene rings is 1. The van der Waals surface area contributed by atoms with Crippen molar-refractivity contribution in [1.82, 2.24) is 4.98 Å². The van der Waals surface area contributed by atoms with Crippen molar-refractivity contribution in [3.05, 3.63) is 63.5 Å². The van der Waals surface area contributed by atoms with E-state index in [0.717, 1.165) is 42.9 Å². The van der Waals surface area contributed by atoms with Crippen molar-refractivity contribution in [3.8, 4) is 0 Å². The molecule has 2 heterocycles. The van der Waals surface area contributed by atoms with E-state index in [1.165, 1.54) is 53.6 Å². The van der Waals surface area contributed by atoms with E-state index in [1.54, 1.807) is 0 Å². The zero-order valence-electron chi connectivity index (χ0n) is 20.1. The quantitative estimate of drug-likeness (QED) is 0.570. The van der Waals surface area contributed by atoms with Gasteiger partial charge in [-0.3, -0.25) is 4.98 Å². The lowest BCUT2D eigenvalue weighted by Crippen LogP contribution is -2.32. The highest BCUT2D eigenvalue weighted by Crippen LogP contribution is 2.59. The van der Waals surface area contributed by atoms with Gasteiger partial charge in [0.25, 0.3) is 0 Å². The Balaban J connectivity index is 1.56. The number of aliphatic hydroxyl groups is 1. The van der Waals surface area contributed by atoms with E-state index in [1.807, 2.05) is 0 Å². The number of nitrogens with zero attached hydrogens (tertiary/aromatic N) is 1. The number of aliphatic hydroxyl groups excluding tert-OH is 1. The number of pyridine rings is 1. The Bertz CT molecular complexity index is 1040. The second kappa shape index (κ2) is 7.14. The molecule has 1 aromatic heterocycles. The van der Waals surface area contributed by atoms with Gasteiger partial charge in [-0.2, -0.15) is 0 Å². The van der Waals surface area contributed by atoms with Gasteiger partial charge in [-0.15, -0.1) is 0 Å². The highest BCUT2D eigenvalue weighted by atomic mass is 16.5. The molecule has 1 aromatic carbocycles. The summed E-state index contributed by atoms with van der Waals surface area (Å²) in [5.74, 6) is 1.09. The van der Waals surface area contributed by atoms with Crippen molar-refractivity contribution >= 4 is 0 Å². The molecule has 1 N–H and O–H groups in total. The first kappa shape index (κ1) is 20.9. The molecule has 170 valence electrons. The maximum absolute atomic E-state index is 11.4. The third-order valence-electron chi connectivity index (χ3n) is 8.41. The number of rotatable bonds is 3. The zero-order valence-corrected chi connectivity index (χ0v) is 20.1. The molecule has 2 saturated carbocycles. The molecule has 2 aromatic rings. The van der Waals surface area contributed by atoms with Gasteiger partial charge in [0.05, 0.1) is 11.7 Å². The van der Waals surface area contributed by atoms with Crippen molar-refractivity contribution in [1.29, 1.82) is 0 Å². The molecule has 4 aliphatic rings. The monoisotopic (exact) mass is 431 g/mol. The van der Waals surface area contributed by atoms with Crippen LogP contribution in [0.5, 0.6) is 0 Å². The van der Waals surface area contributed by atoms with Crippen LogP contribution in [-0.4, -0.2) is 10.1 Å². The first-order valence-corrected chi connectivity index (χ1v) is 12.8. The Labute approximate surface area is 192 Å². The third-order valence-corrected chi connectivity index (χ3v) is 8.41. The fourth-order valence-electron chi connectivity index (χ4n) is 6.78. The maximum atomic E-state index is 11.4. The normalized spacial score (nSPS) is 27.7. The minimum Gasteiger partial charge on any atom is -0.388 e. The summed E-state index contributed by atoms with van der Waals surface area (Å²) < 4.78 is 7.09. The molecule has 6 rings (SSSR count). The Morgan fingerprint density at radius 2 is 1.66 bits per heavy atom. The molecule has 3 heteroatoms. The predicted octanol–water partition coefficient (Wildman–Crippen LogP) is 6.98. The Hall–Kier alpha value is -1.71. The molecule has 2 atom stereocenters. The number of fused-ring (bicyclic) bond motifs is 4. The number of ether oxygens (including phenoxy) is 1. The van der Waals surface area contributed by atoms with Crippen molar-refractivity contribution in [2.24, 2.45) is 5.41 Å². The van der Waals surface area contributed by atoms with Gasteiger partial charge >= 0.3 is 0 Å². The van der Waals surface area contributed by atoms with Crippen molar-refractivity contribution < 1.29 is 9.84 Å². The fourth-order valence-corrected chi connectivity index (χ4v) is 6.78. The largest absolute Gasteiger partial charge is 0.388 e. The van der Waals surface area contributed by atoms with Gasteiger partial charge in [0, 0.05) is 22.5 Å². The first-order chi connectivity index (χ1) is 15.3. The van der Waals surface area contributed by atoms with Gasteiger partial charge < -0.3 is 9.84 Å². The molecular formula is C29H37NO2. The standard InChI is InChI=1S/C29H37NO2/c1-17(2)26-24-25(23-21(30-26)15-28(3,4)16-22(23)31)29(13-5-6-14-29)32-27(24)20-11-9-19(10-12-20)18-7-8-18/h9-12,17-18,22,27,31H,5-8,13-16H2,1-4H3/t22?,27-/m1/s1. The van der Waals surface area contributed by atoms with Gasteiger partial charge in [-0.25, -0.2) is 0 Å². The molecule has 1 unspecified atom stereocenters. The van der Waals surface area contributed by atoms with E-state index >= 15 is 0 Å². The van der Waals surface area contributed by atoms with Crippen molar-refractivity contribution in [2.75, 3.05) is 0 Å². The lowest BCUT2D eigenvalue weighted by atomic mass is 9.70.